The van der Waals surface area contributed by atoms with Gasteiger partial charge >= 0.3 is 0 Å². The largest absolute Gasteiger partial charge is 0.391 e. The minimum atomic E-state index is -1.73. The molecular formula is C31H49N13O12. The molecule has 0 aromatic heterocycles. The van der Waals surface area contributed by atoms with E-state index in [1.165, 1.54) is 13.8 Å². The molecule has 0 bridgehead atoms. The van der Waals surface area contributed by atoms with Crippen molar-refractivity contribution in [3.63, 3.8) is 0 Å². The highest BCUT2D eigenvalue weighted by atomic mass is 16.6. The average molecular weight is 796 g/mol. The Labute approximate surface area is 319 Å². The minimum Gasteiger partial charge on any atom is -0.391 e. The van der Waals surface area contributed by atoms with E-state index in [1.807, 2.05) is 0 Å². The van der Waals surface area contributed by atoms with Crippen molar-refractivity contribution >= 4 is 64.4 Å². The van der Waals surface area contributed by atoms with Crippen molar-refractivity contribution in [1.29, 1.82) is 0 Å². The number of aliphatic hydroxyl groups excluding tert-OH is 1. The minimum absolute atomic E-state index is 0.000544. The molecule has 310 valence electrons. The molecular weight excluding hydrogens is 746 g/mol. The van der Waals surface area contributed by atoms with Crippen molar-refractivity contribution in [3.8, 4) is 0 Å². The lowest BCUT2D eigenvalue weighted by Gasteiger charge is -2.27. The molecule has 7 unspecified atom stereocenters. The molecule has 0 saturated carbocycles. The van der Waals surface area contributed by atoms with Crippen molar-refractivity contribution < 1.29 is 48.5 Å². The van der Waals surface area contributed by atoms with Gasteiger partial charge in [0.15, 0.2) is 5.96 Å². The highest BCUT2D eigenvalue weighted by Gasteiger charge is 2.34. The number of aliphatic imine (C=N–C) groups is 1. The molecule has 15 N–H and O–H groups in total. The van der Waals surface area contributed by atoms with Gasteiger partial charge in [0.05, 0.1) is 28.4 Å². The van der Waals surface area contributed by atoms with Crippen LogP contribution in [0, 0.1) is 26.1 Å². The third-order valence-corrected chi connectivity index (χ3v) is 7.86. The Morgan fingerprint density at radius 2 is 1.27 bits per heavy atom. The van der Waals surface area contributed by atoms with Gasteiger partial charge in [0.25, 0.3) is 11.4 Å². The van der Waals surface area contributed by atoms with Gasteiger partial charge in [0.2, 0.25) is 41.4 Å². The highest BCUT2D eigenvalue weighted by Crippen LogP contribution is 2.30. The predicted molar refractivity (Wildman–Crippen MR) is 198 cm³/mol. The highest BCUT2D eigenvalue weighted by molar-refractivity contribution is 5.98. The molecule has 0 aliphatic carbocycles. The van der Waals surface area contributed by atoms with Crippen LogP contribution in [0.25, 0.3) is 0 Å². The average Bonchev–Trinajstić information content (AvgIpc) is 3.08. The standard InChI is InChI=1S/C31H49N13O12/c1-13(2)23(25(33)47)41-26(48)15(4)38-30(52)24(16(5)45)42-27(49)14(3)37-29(51)20(12-22(32)46)40-28(50)19(7-6-10-36-31(34)35)39-18-9-8-17(43(53)54)11-21(18)44(55)56/h8-9,11,13-16,19-20,23-24,39,45H,6-7,10,12H2,1-5H3,(H2,32,46)(H2,33,47)(H,37,51)(H,38,52)(H,40,50)(H,41,48)(H,42,49)(H4,34,35,36). The van der Waals surface area contributed by atoms with Crippen LogP contribution in [-0.4, -0.2) is 111 Å². The number of rotatable bonds is 23. The van der Waals surface area contributed by atoms with E-state index >= 15 is 0 Å². The van der Waals surface area contributed by atoms with Crippen LogP contribution in [0.1, 0.15) is 53.9 Å². The van der Waals surface area contributed by atoms with E-state index in [1.54, 1.807) is 13.8 Å². The Bertz CT molecular complexity index is 1680. The number of nitrogens with zero attached hydrogens (tertiary/aromatic N) is 3. The van der Waals surface area contributed by atoms with Gasteiger partial charge < -0.3 is 59.9 Å². The molecule has 0 aliphatic heterocycles. The number of carbonyl (C=O) groups is 7. The maximum absolute atomic E-state index is 13.5. The number of nitrogens with one attached hydrogen (secondary N) is 6. The number of nitrogens with two attached hydrogens (primary N) is 4. The Kier molecular flexibility index (Phi) is 18.5. The van der Waals surface area contributed by atoms with Crippen molar-refractivity contribution in [1.82, 2.24) is 26.6 Å². The van der Waals surface area contributed by atoms with Gasteiger partial charge in [-0.15, -0.1) is 0 Å². The molecule has 56 heavy (non-hydrogen) atoms. The summed E-state index contributed by atoms with van der Waals surface area (Å²) >= 11 is 0. The van der Waals surface area contributed by atoms with E-state index in [0.29, 0.717) is 6.07 Å². The zero-order valence-corrected chi connectivity index (χ0v) is 31.3. The maximum Gasteiger partial charge on any atom is 0.299 e. The third-order valence-electron chi connectivity index (χ3n) is 7.86. The lowest BCUT2D eigenvalue weighted by molar-refractivity contribution is -0.393. The smallest absolute Gasteiger partial charge is 0.299 e. The number of hydrogen-bond donors (Lipinski definition) is 11. The van der Waals surface area contributed by atoms with Crippen molar-refractivity contribution in [3.05, 3.63) is 38.4 Å². The molecule has 25 heteroatoms. The Hall–Kier alpha value is -6.66. The van der Waals surface area contributed by atoms with E-state index in [-0.39, 0.29) is 37.0 Å². The fourth-order valence-corrected chi connectivity index (χ4v) is 4.83. The summed E-state index contributed by atoms with van der Waals surface area (Å²) in [5.74, 6) is -7.45. The fraction of sp³-hybridized carbons (Fsp3) is 0.548. The van der Waals surface area contributed by atoms with Gasteiger partial charge in [-0.25, -0.2) is 0 Å². The maximum atomic E-state index is 13.5. The number of benzene rings is 1. The number of primary amides is 2. The summed E-state index contributed by atoms with van der Waals surface area (Å²) in [7, 11) is 0. The number of nitro benzene ring substituents is 2. The molecule has 7 amide bonds. The van der Waals surface area contributed by atoms with Gasteiger partial charge in [-0.05, 0) is 45.6 Å². The first kappa shape index (κ1) is 47.4. The summed E-state index contributed by atoms with van der Waals surface area (Å²) in [5, 5.41) is 47.3. The first-order valence-electron chi connectivity index (χ1n) is 17.0. The van der Waals surface area contributed by atoms with Crippen LogP contribution in [0.5, 0.6) is 0 Å². The van der Waals surface area contributed by atoms with Gasteiger partial charge in [-0.3, -0.25) is 58.8 Å². The number of non-ortho nitro benzene ring substituents is 1. The van der Waals surface area contributed by atoms with E-state index in [2.05, 4.69) is 36.9 Å². The van der Waals surface area contributed by atoms with Crippen LogP contribution in [-0.2, 0) is 33.6 Å². The third kappa shape index (κ3) is 15.4. The second-order valence-corrected chi connectivity index (χ2v) is 12.9. The molecule has 1 rings (SSSR count). The number of aliphatic hydroxyl groups is 1. The van der Waals surface area contributed by atoms with Crippen molar-refractivity contribution in [2.24, 2.45) is 33.8 Å². The van der Waals surface area contributed by atoms with Crippen LogP contribution >= 0.6 is 0 Å². The molecule has 0 radical (unpaired) electrons. The molecule has 0 fully saturated rings. The van der Waals surface area contributed by atoms with Gasteiger partial charge in [-0.1, -0.05) is 13.8 Å². The Morgan fingerprint density at radius 1 is 0.732 bits per heavy atom. The molecule has 1 aromatic carbocycles. The van der Waals surface area contributed by atoms with E-state index in [0.717, 1.165) is 19.1 Å². The fourth-order valence-electron chi connectivity index (χ4n) is 4.83. The molecule has 25 nitrogen and oxygen atoms in total. The molecule has 0 heterocycles. The Balaban J connectivity index is 3.19. The molecule has 0 aliphatic rings. The normalized spacial score (nSPS) is 14.6. The van der Waals surface area contributed by atoms with E-state index in [9.17, 15) is 58.9 Å². The van der Waals surface area contributed by atoms with Crippen LogP contribution in [0.4, 0.5) is 17.1 Å². The number of nitro groups is 2. The summed E-state index contributed by atoms with van der Waals surface area (Å²) < 4.78 is 0. The number of amides is 7. The van der Waals surface area contributed by atoms with Crippen molar-refractivity contribution in [2.45, 2.75) is 96.2 Å². The summed E-state index contributed by atoms with van der Waals surface area (Å²) in [4.78, 5) is 114. The van der Waals surface area contributed by atoms with Crippen LogP contribution < -0.4 is 54.8 Å². The topological polar surface area (TPSA) is 415 Å². The molecule has 1 aromatic rings. The summed E-state index contributed by atoms with van der Waals surface area (Å²) in [6, 6.07) is -5.94. The SMILES string of the molecule is CC(NC(=O)C(CC(N)=O)NC(=O)C(CCCN=C(N)N)Nc1ccc([N+](=O)[O-])cc1[N+](=O)[O-])C(=O)NC(C(=O)NC(C)C(=O)NC(C(N)=O)C(C)C)C(C)O. The number of carbonyl (C=O) groups excluding carboxylic acids is 7. The molecule has 7 atom stereocenters. The predicted octanol–water partition coefficient (Wildman–Crippen LogP) is -3.80. The van der Waals surface area contributed by atoms with E-state index in [4.69, 9.17) is 22.9 Å². The number of hydrogen-bond acceptors (Lipinski definition) is 14. The van der Waals surface area contributed by atoms with Gasteiger partial charge in [0.1, 0.15) is 41.9 Å². The monoisotopic (exact) mass is 795 g/mol. The zero-order valence-electron chi connectivity index (χ0n) is 31.3. The number of anilines is 1. The first-order chi connectivity index (χ1) is 26.0. The molecule has 0 spiro atoms. The van der Waals surface area contributed by atoms with E-state index < -0.39 is 111 Å². The van der Waals surface area contributed by atoms with Gasteiger partial charge in [-0.2, -0.15) is 0 Å². The van der Waals surface area contributed by atoms with Crippen molar-refractivity contribution in [2.75, 3.05) is 11.9 Å². The van der Waals surface area contributed by atoms with Crippen LogP contribution in [0.2, 0.25) is 0 Å². The Morgan fingerprint density at radius 3 is 1.73 bits per heavy atom. The number of guanidine groups is 1. The van der Waals surface area contributed by atoms with Crippen LogP contribution in [0.3, 0.4) is 0 Å². The van der Waals surface area contributed by atoms with Gasteiger partial charge in [0, 0.05) is 12.6 Å². The summed E-state index contributed by atoms with van der Waals surface area (Å²) in [6.07, 6.45) is -2.36. The quantitative estimate of drug-likeness (QED) is 0.0166. The van der Waals surface area contributed by atoms with Crippen LogP contribution in [0.15, 0.2) is 23.2 Å². The second kappa shape index (κ2) is 21.9. The lowest BCUT2D eigenvalue weighted by Crippen LogP contribution is -2.61. The first-order valence-corrected chi connectivity index (χ1v) is 17.0. The summed E-state index contributed by atoms with van der Waals surface area (Å²) in [6.45, 7) is 6.87. The molecule has 0 saturated heterocycles. The second-order valence-electron chi connectivity index (χ2n) is 12.9. The zero-order chi connectivity index (χ0) is 43.0. The lowest BCUT2D eigenvalue weighted by atomic mass is 10.0. The summed E-state index contributed by atoms with van der Waals surface area (Å²) in [5.41, 5.74) is 19.6.